The number of carbonyl (C=O) groups is 1. The van der Waals surface area contributed by atoms with Crippen LogP contribution >= 0.6 is 11.6 Å². The smallest absolute Gasteiger partial charge is 0.166 e. The zero-order chi connectivity index (χ0) is 12.0. The first-order chi connectivity index (χ1) is 7.69. The van der Waals surface area contributed by atoms with Gasteiger partial charge in [-0.2, -0.15) is 0 Å². The van der Waals surface area contributed by atoms with E-state index in [9.17, 15) is 4.79 Å². The summed E-state index contributed by atoms with van der Waals surface area (Å²) in [5.41, 5.74) is 0.600. The van der Waals surface area contributed by atoms with Crippen LogP contribution in [0.3, 0.4) is 0 Å². The first-order valence-electron chi connectivity index (χ1n) is 5.64. The number of hydrogen-bond donors (Lipinski definition) is 0. The average molecular weight is 241 g/mol. The molecular weight excluding hydrogens is 224 g/mol. The maximum absolute atomic E-state index is 11.8. The molecule has 3 heteroatoms. The highest BCUT2D eigenvalue weighted by atomic mass is 35.5. The highest BCUT2D eigenvalue weighted by molar-refractivity contribution is 6.31. The first-order valence-corrected chi connectivity index (χ1v) is 6.02. The lowest BCUT2D eigenvalue weighted by atomic mass is 10.1. The van der Waals surface area contributed by atoms with Crippen LogP contribution in [0.2, 0.25) is 5.02 Å². The van der Waals surface area contributed by atoms with Gasteiger partial charge in [0.1, 0.15) is 5.75 Å². The normalized spacial score (nSPS) is 10.2. The summed E-state index contributed by atoms with van der Waals surface area (Å²) < 4.78 is 5.53. The van der Waals surface area contributed by atoms with E-state index >= 15 is 0 Å². The molecule has 0 fully saturated rings. The second-order valence-electron chi connectivity index (χ2n) is 3.66. The fraction of sp³-hybridized carbons (Fsp3) is 0.462. The molecule has 0 N–H and O–H groups in total. The van der Waals surface area contributed by atoms with Gasteiger partial charge in [-0.15, -0.1) is 0 Å². The lowest BCUT2D eigenvalue weighted by Gasteiger charge is -2.10. The molecule has 0 atom stereocenters. The predicted molar refractivity (Wildman–Crippen MR) is 66.5 cm³/mol. The van der Waals surface area contributed by atoms with Crippen molar-refractivity contribution in [3.8, 4) is 5.75 Å². The molecular formula is C13H17ClO2. The Kier molecular flexibility index (Phi) is 5.33. The fourth-order valence-electron chi connectivity index (χ4n) is 1.42. The molecule has 0 saturated heterocycles. The third-order valence-electron chi connectivity index (χ3n) is 2.18. The molecule has 0 amide bonds. The van der Waals surface area contributed by atoms with E-state index in [4.69, 9.17) is 16.3 Å². The minimum atomic E-state index is 0.0936. The van der Waals surface area contributed by atoms with Crippen LogP contribution in [0.15, 0.2) is 18.2 Å². The van der Waals surface area contributed by atoms with Crippen molar-refractivity contribution in [1.29, 1.82) is 0 Å². The van der Waals surface area contributed by atoms with Gasteiger partial charge in [0.05, 0.1) is 12.2 Å². The number of carbonyl (C=O) groups excluding carboxylic acids is 1. The van der Waals surface area contributed by atoms with E-state index in [-0.39, 0.29) is 5.78 Å². The molecule has 2 nitrogen and oxygen atoms in total. The monoisotopic (exact) mass is 240 g/mol. The molecule has 0 aliphatic rings. The third-order valence-corrected chi connectivity index (χ3v) is 2.42. The first kappa shape index (κ1) is 13.0. The standard InChI is InChI=1S/C13H17ClO2/c1-3-5-12(15)11-9-10(14)6-7-13(11)16-8-4-2/h6-7,9H,3-5,8H2,1-2H3. The quantitative estimate of drug-likeness (QED) is 0.700. The molecule has 1 aromatic carbocycles. The number of hydrogen-bond acceptors (Lipinski definition) is 2. The van der Waals surface area contributed by atoms with Gasteiger partial charge in [-0.25, -0.2) is 0 Å². The van der Waals surface area contributed by atoms with Gasteiger partial charge in [-0.1, -0.05) is 25.4 Å². The van der Waals surface area contributed by atoms with E-state index in [0.717, 1.165) is 12.8 Å². The molecule has 0 spiro atoms. The molecule has 0 bridgehead atoms. The van der Waals surface area contributed by atoms with Gasteiger partial charge in [-0.3, -0.25) is 4.79 Å². The highest BCUT2D eigenvalue weighted by Crippen LogP contribution is 2.24. The largest absolute Gasteiger partial charge is 0.493 e. The van der Waals surface area contributed by atoms with Crippen LogP contribution in [-0.4, -0.2) is 12.4 Å². The van der Waals surface area contributed by atoms with Gasteiger partial charge in [0.15, 0.2) is 5.78 Å². The Morgan fingerprint density at radius 1 is 1.31 bits per heavy atom. The average Bonchev–Trinajstić information content (AvgIpc) is 2.27. The van der Waals surface area contributed by atoms with Gasteiger partial charge in [0.2, 0.25) is 0 Å². The van der Waals surface area contributed by atoms with Crippen molar-refractivity contribution in [2.75, 3.05) is 6.61 Å². The van der Waals surface area contributed by atoms with Crippen molar-refractivity contribution in [2.45, 2.75) is 33.1 Å². The van der Waals surface area contributed by atoms with E-state index in [2.05, 4.69) is 0 Å². The van der Waals surface area contributed by atoms with Crippen molar-refractivity contribution in [3.63, 3.8) is 0 Å². The molecule has 0 unspecified atom stereocenters. The summed E-state index contributed by atoms with van der Waals surface area (Å²) in [4.78, 5) is 11.8. The van der Waals surface area contributed by atoms with Crippen LogP contribution in [-0.2, 0) is 0 Å². The Morgan fingerprint density at radius 3 is 2.69 bits per heavy atom. The Morgan fingerprint density at radius 2 is 2.06 bits per heavy atom. The second-order valence-corrected chi connectivity index (χ2v) is 4.10. The Hall–Kier alpha value is -1.02. The topological polar surface area (TPSA) is 26.3 Å². The lowest BCUT2D eigenvalue weighted by Crippen LogP contribution is -2.04. The molecule has 0 aromatic heterocycles. The van der Waals surface area contributed by atoms with Crippen LogP contribution in [0.4, 0.5) is 0 Å². The Bertz CT molecular complexity index is 361. The highest BCUT2D eigenvalue weighted by Gasteiger charge is 2.12. The van der Waals surface area contributed by atoms with E-state index in [1.807, 2.05) is 13.8 Å². The zero-order valence-electron chi connectivity index (χ0n) is 9.75. The SMILES string of the molecule is CCCOc1ccc(Cl)cc1C(=O)CCC. The van der Waals surface area contributed by atoms with Gasteiger partial charge in [-0.05, 0) is 31.0 Å². The number of Topliss-reactive ketones (excluding diaryl/α,β-unsaturated/α-hetero) is 1. The molecule has 0 heterocycles. The third kappa shape index (κ3) is 3.53. The Balaban J connectivity index is 2.93. The van der Waals surface area contributed by atoms with Crippen LogP contribution < -0.4 is 4.74 Å². The zero-order valence-corrected chi connectivity index (χ0v) is 10.5. The minimum absolute atomic E-state index is 0.0936. The maximum atomic E-state index is 11.8. The van der Waals surface area contributed by atoms with E-state index < -0.39 is 0 Å². The number of halogens is 1. The van der Waals surface area contributed by atoms with Gasteiger partial charge in [0.25, 0.3) is 0 Å². The van der Waals surface area contributed by atoms with Crippen LogP contribution in [0, 0.1) is 0 Å². The second kappa shape index (κ2) is 6.54. The van der Waals surface area contributed by atoms with Gasteiger partial charge in [0, 0.05) is 11.4 Å². The molecule has 1 aromatic rings. The Labute approximate surface area is 102 Å². The molecule has 0 aliphatic heterocycles. The van der Waals surface area contributed by atoms with Crippen molar-refractivity contribution >= 4 is 17.4 Å². The maximum Gasteiger partial charge on any atom is 0.166 e. The summed E-state index contributed by atoms with van der Waals surface area (Å²) in [7, 11) is 0. The fourth-order valence-corrected chi connectivity index (χ4v) is 1.59. The molecule has 1 rings (SSSR count). The van der Waals surface area contributed by atoms with Crippen molar-refractivity contribution in [1.82, 2.24) is 0 Å². The lowest BCUT2D eigenvalue weighted by molar-refractivity contribution is 0.0977. The van der Waals surface area contributed by atoms with Crippen LogP contribution in [0.5, 0.6) is 5.75 Å². The summed E-state index contributed by atoms with van der Waals surface area (Å²) in [5.74, 6) is 0.737. The summed E-state index contributed by atoms with van der Waals surface area (Å²) in [6.45, 7) is 4.63. The minimum Gasteiger partial charge on any atom is -0.493 e. The molecule has 88 valence electrons. The van der Waals surface area contributed by atoms with E-state index in [1.54, 1.807) is 18.2 Å². The van der Waals surface area contributed by atoms with Crippen molar-refractivity contribution in [2.24, 2.45) is 0 Å². The number of benzene rings is 1. The van der Waals surface area contributed by atoms with Crippen LogP contribution in [0.1, 0.15) is 43.5 Å². The van der Waals surface area contributed by atoms with Gasteiger partial charge < -0.3 is 4.74 Å². The summed E-state index contributed by atoms with van der Waals surface area (Å²) in [6, 6.07) is 5.20. The summed E-state index contributed by atoms with van der Waals surface area (Å²) in [6.07, 6.45) is 2.28. The van der Waals surface area contributed by atoms with E-state index in [0.29, 0.717) is 29.4 Å². The van der Waals surface area contributed by atoms with Crippen molar-refractivity contribution in [3.05, 3.63) is 28.8 Å². The molecule has 0 aliphatic carbocycles. The van der Waals surface area contributed by atoms with Crippen molar-refractivity contribution < 1.29 is 9.53 Å². The van der Waals surface area contributed by atoms with Crippen LogP contribution in [0.25, 0.3) is 0 Å². The summed E-state index contributed by atoms with van der Waals surface area (Å²) >= 11 is 5.89. The predicted octanol–water partition coefficient (Wildman–Crippen LogP) is 4.11. The van der Waals surface area contributed by atoms with E-state index in [1.165, 1.54) is 0 Å². The molecule has 0 saturated carbocycles. The molecule has 16 heavy (non-hydrogen) atoms. The molecule has 0 radical (unpaired) electrons. The number of ketones is 1. The number of ether oxygens (including phenoxy) is 1. The number of rotatable bonds is 6. The van der Waals surface area contributed by atoms with Gasteiger partial charge >= 0.3 is 0 Å². The summed E-state index contributed by atoms with van der Waals surface area (Å²) in [5, 5.41) is 0.573.